The number of esters is 1. The van der Waals surface area contributed by atoms with E-state index in [4.69, 9.17) is 25.8 Å². The van der Waals surface area contributed by atoms with Crippen LogP contribution < -0.4 is 15.0 Å². The van der Waals surface area contributed by atoms with Gasteiger partial charge in [0.1, 0.15) is 23.9 Å². The minimum Gasteiger partial charge on any atom is -0.493 e. The van der Waals surface area contributed by atoms with E-state index in [0.29, 0.717) is 27.2 Å². The molecule has 0 spiro atoms. The number of ether oxygens (including phenoxy) is 3. The summed E-state index contributed by atoms with van der Waals surface area (Å²) in [6.07, 6.45) is 1.18. The number of aldehydes is 1. The van der Waals surface area contributed by atoms with Gasteiger partial charge in [-0.05, 0) is 42.3 Å². The number of hydrogen-bond acceptors (Lipinski definition) is 8. The summed E-state index contributed by atoms with van der Waals surface area (Å²) in [5, 5.41) is 0.615. The average Bonchev–Trinajstić information content (AvgIpc) is 3.37. The minimum atomic E-state index is -2.97. The second-order valence-corrected chi connectivity index (χ2v) is 11.3. The van der Waals surface area contributed by atoms with E-state index in [1.165, 1.54) is 29.3 Å². The number of hydrogen-bond donors (Lipinski definition) is 0. The van der Waals surface area contributed by atoms with Crippen LogP contribution in [0.1, 0.15) is 32.1 Å². The zero-order valence-corrected chi connectivity index (χ0v) is 23.5. The molecular formula is C29H25ClF2N2O6S. The minimum absolute atomic E-state index is 0.0529. The number of rotatable bonds is 11. The summed E-state index contributed by atoms with van der Waals surface area (Å²) >= 11 is 7.31. The average molecular weight is 603 g/mol. The molecule has 0 unspecified atom stereocenters. The molecule has 1 fully saturated rings. The number of aromatic nitrogens is 2. The highest BCUT2D eigenvalue weighted by Gasteiger charge is 2.60. The van der Waals surface area contributed by atoms with Crippen molar-refractivity contribution in [3.05, 3.63) is 70.2 Å². The molecule has 2 aromatic carbocycles. The fourth-order valence-electron chi connectivity index (χ4n) is 4.70. The van der Waals surface area contributed by atoms with Gasteiger partial charge in [0.05, 0.1) is 31.2 Å². The Morgan fingerprint density at radius 2 is 1.90 bits per heavy atom. The van der Waals surface area contributed by atoms with Crippen LogP contribution >= 0.6 is 22.9 Å². The lowest BCUT2D eigenvalue weighted by Gasteiger charge is -2.45. The van der Waals surface area contributed by atoms with Crippen molar-refractivity contribution >= 4 is 45.4 Å². The van der Waals surface area contributed by atoms with Crippen LogP contribution in [0.3, 0.4) is 0 Å². The van der Waals surface area contributed by atoms with Gasteiger partial charge in [0.25, 0.3) is 11.5 Å². The van der Waals surface area contributed by atoms with Crippen molar-refractivity contribution in [2.24, 2.45) is 0 Å². The van der Waals surface area contributed by atoms with Gasteiger partial charge in [-0.1, -0.05) is 23.7 Å². The quantitative estimate of drug-likeness (QED) is 0.114. The molecule has 2 aromatic heterocycles. The fourth-order valence-corrected chi connectivity index (χ4v) is 5.88. The first-order valence-corrected chi connectivity index (χ1v) is 13.9. The molecule has 1 aliphatic rings. The van der Waals surface area contributed by atoms with Crippen LogP contribution in [0.4, 0.5) is 8.78 Å². The smallest absolute Gasteiger partial charge is 0.306 e. The number of alkyl halides is 2. The maximum atomic E-state index is 13.8. The molecule has 1 aliphatic carbocycles. The highest BCUT2D eigenvalue weighted by Crippen LogP contribution is 2.49. The Morgan fingerprint density at radius 3 is 2.59 bits per heavy atom. The SMILES string of the molecule is COc1cc(-n2cnc3cc(-c4ccc(Cl)cc4)sc3c2=O)ccc1OCC1(OC(=O)CCCC=O)CC(F)(F)C1. The van der Waals surface area contributed by atoms with E-state index in [1.54, 1.807) is 30.3 Å². The Morgan fingerprint density at radius 1 is 1.15 bits per heavy atom. The Labute approximate surface area is 242 Å². The molecule has 2 heterocycles. The van der Waals surface area contributed by atoms with Gasteiger partial charge < -0.3 is 19.0 Å². The van der Waals surface area contributed by atoms with Gasteiger partial charge in [-0.15, -0.1) is 11.3 Å². The number of methoxy groups -OCH3 is 1. The van der Waals surface area contributed by atoms with Crippen LogP contribution in [0.5, 0.6) is 11.5 Å². The van der Waals surface area contributed by atoms with Crippen molar-refractivity contribution in [1.29, 1.82) is 0 Å². The van der Waals surface area contributed by atoms with Crippen molar-refractivity contribution in [3.63, 3.8) is 0 Å². The molecule has 0 aliphatic heterocycles. The number of thiophene rings is 1. The van der Waals surface area contributed by atoms with E-state index in [-0.39, 0.29) is 42.9 Å². The summed E-state index contributed by atoms with van der Waals surface area (Å²) in [7, 11) is 1.41. The molecule has 0 N–H and O–H groups in total. The van der Waals surface area contributed by atoms with Gasteiger partial charge in [0.2, 0.25) is 0 Å². The zero-order chi connectivity index (χ0) is 29.2. The molecule has 1 saturated carbocycles. The van der Waals surface area contributed by atoms with Crippen molar-refractivity contribution in [2.45, 2.75) is 43.6 Å². The molecule has 41 heavy (non-hydrogen) atoms. The Bertz CT molecular complexity index is 1650. The van der Waals surface area contributed by atoms with Gasteiger partial charge in [-0.2, -0.15) is 0 Å². The van der Waals surface area contributed by atoms with Gasteiger partial charge in [-0.3, -0.25) is 14.2 Å². The zero-order valence-electron chi connectivity index (χ0n) is 21.9. The first-order chi connectivity index (χ1) is 19.6. The van der Waals surface area contributed by atoms with Gasteiger partial charge in [0.15, 0.2) is 17.1 Å². The first-order valence-electron chi connectivity index (χ1n) is 12.7. The number of carbonyl (C=O) groups is 2. The summed E-state index contributed by atoms with van der Waals surface area (Å²) in [5.41, 5.74) is 0.185. The van der Waals surface area contributed by atoms with Crippen molar-refractivity contribution in [3.8, 4) is 27.6 Å². The van der Waals surface area contributed by atoms with Gasteiger partial charge in [-0.25, -0.2) is 13.8 Å². The number of nitrogens with zero attached hydrogens (tertiary/aromatic N) is 2. The molecule has 0 radical (unpaired) electrons. The monoisotopic (exact) mass is 602 g/mol. The van der Waals surface area contributed by atoms with E-state index in [9.17, 15) is 23.2 Å². The summed E-state index contributed by atoms with van der Waals surface area (Å²) in [6, 6.07) is 13.9. The topological polar surface area (TPSA) is 96.7 Å². The van der Waals surface area contributed by atoms with E-state index >= 15 is 0 Å². The van der Waals surface area contributed by atoms with Crippen molar-refractivity contribution in [2.75, 3.05) is 13.7 Å². The number of halogens is 3. The molecule has 0 amide bonds. The lowest BCUT2D eigenvalue weighted by molar-refractivity contribution is -0.234. The van der Waals surface area contributed by atoms with Crippen LogP contribution in [-0.4, -0.2) is 47.0 Å². The van der Waals surface area contributed by atoms with Crippen molar-refractivity contribution < 1.29 is 32.6 Å². The van der Waals surface area contributed by atoms with Crippen LogP contribution in [0.25, 0.3) is 26.3 Å². The molecule has 12 heteroatoms. The van der Waals surface area contributed by atoms with Crippen LogP contribution in [0.2, 0.25) is 5.02 Å². The van der Waals surface area contributed by atoms with E-state index in [1.807, 2.05) is 18.2 Å². The third-order valence-corrected chi connectivity index (χ3v) is 8.09. The summed E-state index contributed by atoms with van der Waals surface area (Å²) in [5.74, 6) is -3.15. The highest BCUT2D eigenvalue weighted by molar-refractivity contribution is 7.22. The lowest BCUT2D eigenvalue weighted by atomic mass is 9.77. The maximum absolute atomic E-state index is 13.8. The summed E-state index contributed by atoms with van der Waals surface area (Å²) in [4.78, 5) is 41.4. The Hall–Kier alpha value is -3.83. The maximum Gasteiger partial charge on any atom is 0.306 e. The molecule has 0 bridgehead atoms. The van der Waals surface area contributed by atoms with Crippen molar-refractivity contribution in [1.82, 2.24) is 9.55 Å². The number of benzene rings is 2. The molecule has 214 valence electrons. The standard InChI is InChI=1S/C29H25ClF2N2O6S/c1-38-23-12-20(34-17-33-21-13-24(41-26(21)27(34)37)18-5-7-19(30)8-6-18)9-10-22(23)39-16-28(14-29(31,32)15-28)40-25(36)4-2-3-11-35/h5-13,17H,2-4,14-16H2,1H3. The van der Waals surface area contributed by atoms with Crippen LogP contribution in [-0.2, 0) is 14.3 Å². The second kappa shape index (κ2) is 11.6. The number of carbonyl (C=O) groups excluding carboxylic acids is 2. The molecular weight excluding hydrogens is 578 g/mol. The first kappa shape index (κ1) is 28.7. The molecule has 4 aromatic rings. The second-order valence-electron chi connectivity index (χ2n) is 9.80. The van der Waals surface area contributed by atoms with Gasteiger partial charge >= 0.3 is 5.97 Å². The van der Waals surface area contributed by atoms with Crippen LogP contribution in [0, 0.1) is 0 Å². The third kappa shape index (κ3) is 6.25. The predicted molar refractivity (Wildman–Crippen MR) is 151 cm³/mol. The summed E-state index contributed by atoms with van der Waals surface area (Å²) in [6.45, 7) is -0.312. The largest absolute Gasteiger partial charge is 0.493 e. The van der Waals surface area contributed by atoms with E-state index in [2.05, 4.69) is 4.98 Å². The predicted octanol–water partition coefficient (Wildman–Crippen LogP) is 6.24. The highest BCUT2D eigenvalue weighted by atomic mass is 35.5. The van der Waals surface area contributed by atoms with E-state index < -0.39 is 30.3 Å². The van der Waals surface area contributed by atoms with Crippen LogP contribution in [0.15, 0.2) is 59.7 Å². The summed E-state index contributed by atoms with van der Waals surface area (Å²) < 4.78 is 46.1. The molecule has 8 nitrogen and oxygen atoms in total. The molecule has 0 saturated heterocycles. The Balaban J connectivity index is 1.36. The number of fused-ring (bicyclic) bond motifs is 1. The molecule has 0 atom stereocenters. The number of unbranched alkanes of at least 4 members (excludes halogenated alkanes) is 1. The third-order valence-electron chi connectivity index (χ3n) is 6.68. The normalized spacial score (nSPS) is 15.2. The van der Waals surface area contributed by atoms with Gasteiger partial charge in [0, 0.05) is 28.8 Å². The lowest BCUT2D eigenvalue weighted by Crippen LogP contribution is -2.58. The molecule has 5 rings (SSSR count). The fraction of sp³-hybridized carbons (Fsp3) is 0.310. The Kier molecular flexibility index (Phi) is 8.10. The van der Waals surface area contributed by atoms with E-state index in [0.717, 1.165) is 10.4 Å².